The van der Waals surface area contributed by atoms with Crippen LogP contribution in [0.5, 0.6) is 0 Å². The van der Waals surface area contributed by atoms with Gasteiger partial charge in [-0.25, -0.2) is 9.18 Å². The Morgan fingerprint density at radius 3 is 2.51 bits per heavy atom. The number of alkyl halides is 1. The number of carbonyl (C=O) groups excluding carboxylic acids is 2. The number of carbonyl (C=O) groups is 2. The van der Waals surface area contributed by atoms with Crippen LogP contribution in [0.2, 0.25) is 0 Å². The Morgan fingerprint density at radius 1 is 1.24 bits per heavy atom. The van der Waals surface area contributed by atoms with Crippen LogP contribution in [-0.4, -0.2) is 60.6 Å². The fourth-order valence-corrected chi connectivity index (χ4v) is 7.66. The lowest BCUT2D eigenvalue weighted by Gasteiger charge is -2.62. The lowest BCUT2D eigenvalue weighted by Crippen LogP contribution is -2.69. The molecule has 0 saturated heterocycles. The molecule has 4 aliphatic rings. The van der Waals surface area contributed by atoms with Crippen molar-refractivity contribution in [3.63, 3.8) is 0 Å². The summed E-state index contributed by atoms with van der Waals surface area (Å²) in [6.45, 7) is 4.48. The highest BCUT2D eigenvalue weighted by atomic mass is 19.2. The Morgan fingerprint density at radius 2 is 1.92 bits per heavy atom. The first-order chi connectivity index (χ1) is 17.2. The molecule has 9 nitrogen and oxygen atoms in total. The Balaban J connectivity index is 0.000000301. The minimum Gasteiger partial charge on any atom is -0.390 e. The number of aromatic nitrogens is 2. The molecule has 0 aliphatic heterocycles. The van der Waals surface area contributed by atoms with Gasteiger partial charge in [0.05, 0.1) is 6.10 Å². The molecular weight excluding hydrogens is 490 g/mol. The van der Waals surface area contributed by atoms with Gasteiger partial charge in [0.1, 0.15) is 12.2 Å². The number of halogens is 2. The third-order valence-electron chi connectivity index (χ3n) is 9.57. The van der Waals surface area contributed by atoms with Crippen molar-refractivity contribution in [1.82, 2.24) is 9.77 Å². The zero-order valence-electron chi connectivity index (χ0n) is 20.9. The molecule has 5 rings (SSSR count). The number of fused-ring (bicyclic) bond motifs is 5. The van der Waals surface area contributed by atoms with Gasteiger partial charge in [0.2, 0.25) is 0 Å². The van der Waals surface area contributed by atoms with Crippen LogP contribution in [0.25, 0.3) is 0 Å². The van der Waals surface area contributed by atoms with Crippen molar-refractivity contribution in [3.8, 4) is 0 Å². The largest absolute Gasteiger partial charge is 0.390 e. The number of nitrogens with zero attached hydrogens (tertiary/aromatic N) is 1. The first kappa shape index (κ1) is 27.3. The van der Waals surface area contributed by atoms with E-state index in [-0.39, 0.29) is 22.9 Å². The average Bonchev–Trinajstić information content (AvgIpc) is 3.04. The number of aliphatic hydroxyl groups excluding tert-OH is 2. The molecule has 1 aromatic rings. The van der Waals surface area contributed by atoms with Crippen LogP contribution in [0.3, 0.4) is 0 Å². The number of hydrogen-bond donors (Lipinski definition) is 4. The molecule has 1 aromatic heterocycles. The van der Waals surface area contributed by atoms with E-state index < -0.39 is 63.7 Å². The predicted octanol–water partition coefficient (Wildman–Crippen LogP) is 1.16. The van der Waals surface area contributed by atoms with Gasteiger partial charge in [0, 0.05) is 29.0 Å². The van der Waals surface area contributed by atoms with Crippen molar-refractivity contribution in [2.75, 3.05) is 6.61 Å². The van der Waals surface area contributed by atoms with E-state index in [4.69, 9.17) is 0 Å². The first-order valence-electron chi connectivity index (χ1n) is 12.3. The third-order valence-corrected chi connectivity index (χ3v) is 9.57. The Kier molecular flexibility index (Phi) is 6.58. The van der Waals surface area contributed by atoms with Crippen molar-refractivity contribution < 1.29 is 33.8 Å². The second-order valence-corrected chi connectivity index (χ2v) is 11.2. The summed E-state index contributed by atoms with van der Waals surface area (Å²) in [5.41, 5.74) is -6.83. The number of hydrogen-bond acceptors (Lipinski definition) is 7. The molecule has 0 aromatic carbocycles. The average molecular weight is 523 g/mol. The van der Waals surface area contributed by atoms with Gasteiger partial charge < -0.3 is 15.3 Å². The predicted molar refractivity (Wildman–Crippen MR) is 128 cm³/mol. The molecule has 0 radical (unpaired) electrons. The van der Waals surface area contributed by atoms with Crippen LogP contribution in [0.4, 0.5) is 8.87 Å². The van der Waals surface area contributed by atoms with Gasteiger partial charge in [0.15, 0.2) is 17.2 Å². The second kappa shape index (κ2) is 8.92. The lowest BCUT2D eigenvalue weighted by molar-refractivity contribution is -0.219. The molecule has 0 bridgehead atoms. The van der Waals surface area contributed by atoms with E-state index in [1.807, 2.05) is 0 Å². The first-order valence-corrected chi connectivity index (χ1v) is 12.3. The van der Waals surface area contributed by atoms with Crippen molar-refractivity contribution >= 4 is 11.6 Å². The van der Waals surface area contributed by atoms with Crippen LogP contribution in [0.15, 0.2) is 45.7 Å². The minimum absolute atomic E-state index is 0.0676. The molecule has 0 amide bonds. The van der Waals surface area contributed by atoms with Gasteiger partial charge in [-0.3, -0.25) is 19.4 Å². The summed E-state index contributed by atoms with van der Waals surface area (Å²) >= 11 is 0. The zero-order chi connectivity index (χ0) is 27.6. The fourth-order valence-electron chi connectivity index (χ4n) is 7.66. The summed E-state index contributed by atoms with van der Waals surface area (Å²) in [4.78, 5) is 46.3. The van der Waals surface area contributed by atoms with Crippen LogP contribution in [0.1, 0.15) is 46.5 Å². The molecule has 0 unspecified atom stereocenters. The molecule has 3 saturated carbocycles. The maximum atomic E-state index is 16.9. The van der Waals surface area contributed by atoms with Crippen molar-refractivity contribution in [1.29, 1.82) is 0 Å². The maximum Gasteiger partial charge on any atom is 0.356 e. The SMILES string of the molecule is C[C@@H]1C[C@H]2[C@@H]3CCC4=CC(=O)C=C[C@]4(C)[C@@]3(F)[C@@H](O)C[C@]2(C)[C@@]1(O)C(=O)CO.O=c1ccn(F)c(=O)[nH]1. The number of rotatable bonds is 2. The molecule has 37 heavy (non-hydrogen) atoms. The minimum atomic E-state index is -1.98. The number of aliphatic hydroxyl groups is 3. The van der Waals surface area contributed by atoms with Gasteiger partial charge in [-0.15, -0.1) is 4.79 Å². The number of ketones is 2. The van der Waals surface area contributed by atoms with Crippen molar-refractivity contribution in [2.24, 2.45) is 28.6 Å². The highest BCUT2D eigenvalue weighted by Crippen LogP contribution is 2.70. The number of Topliss-reactive ketones (excluding diaryl/α,β-unsaturated/α-hetero) is 1. The summed E-state index contributed by atoms with van der Waals surface area (Å²) in [5, 5.41) is 32.0. The van der Waals surface area contributed by atoms with Gasteiger partial charge in [-0.05, 0) is 56.6 Å². The normalized spacial score (nSPS) is 42.1. The topological polar surface area (TPSA) is 150 Å². The lowest BCUT2D eigenvalue weighted by atomic mass is 9.44. The highest BCUT2D eigenvalue weighted by molar-refractivity contribution is 6.01. The molecule has 8 atom stereocenters. The Hall–Kier alpha value is -2.76. The highest BCUT2D eigenvalue weighted by Gasteiger charge is 2.75. The molecule has 4 N–H and O–H groups in total. The summed E-state index contributed by atoms with van der Waals surface area (Å²) in [6.07, 6.45) is 5.19. The molecule has 202 valence electrons. The van der Waals surface area contributed by atoms with E-state index >= 15 is 4.39 Å². The smallest absolute Gasteiger partial charge is 0.356 e. The zero-order valence-corrected chi connectivity index (χ0v) is 20.9. The van der Waals surface area contributed by atoms with E-state index in [9.17, 15) is 39.0 Å². The van der Waals surface area contributed by atoms with E-state index in [0.29, 0.717) is 24.8 Å². The van der Waals surface area contributed by atoms with Gasteiger partial charge in [-0.2, -0.15) is 0 Å². The van der Waals surface area contributed by atoms with Crippen LogP contribution in [-0.2, 0) is 9.59 Å². The van der Waals surface area contributed by atoms with Gasteiger partial charge >= 0.3 is 5.69 Å². The summed E-state index contributed by atoms with van der Waals surface area (Å²) in [5.74, 6) is -2.12. The number of nitrogens with one attached hydrogen (secondary N) is 1. The molecule has 11 heteroatoms. The van der Waals surface area contributed by atoms with Gasteiger partial charge in [-0.1, -0.05) is 30.0 Å². The third kappa shape index (κ3) is 3.65. The monoisotopic (exact) mass is 522 g/mol. The van der Waals surface area contributed by atoms with Crippen LogP contribution >= 0.6 is 0 Å². The number of aromatic amines is 1. The summed E-state index contributed by atoms with van der Waals surface area (Å²) in [7, 11) is 0. The Labute approximate surface area is 211 Å². The number of H-pyrrole nitrogens is 1. The second-order valence-electron chi connectivity index (χ2n) is 11.2. The van der Waals surface area contributed by atoms with E-state index in [0.717, 1.165) is 12.3 Å². The maximum absolute atomic E-state index is 16.9. The van der Waals surface area contributed by atoms with Crippen LogP contribution in [0, 0.1) is 28.6 Å². The molecule has 4 aliphatic carbocycles. The molecule has 1 heterocycles. The fraction of sp³-hybridized carbons (Fsp3) is 0.615. The van der Waals surface area contributed by atoms with E-state index in [1.165, 1.54) is 12.2 Å². The molecule has 3 fully saturated rings. The van der Waals surface area contributed by atoms with Crippen LogP contribution < -0.4 is 11.2 Å². The quantitative estimate of drug-likeness (QED) is 0.455. The van der Waals surface area contributed by atoms with Gasteiger partial charge in [0.25, 0.3) is 5.56 Å². The Bertz CT molecular complexity index is 1300. The molecule has 0 spiro atoms. The standard InChI is InChI=1S/C22H29FO5.C4H3FN2O2/c1-12-8-16-15-5-4-13-9-14(25)6-7-19(13,2)21(15,23)17(26)10-20(16,3)22(12,28)18(27)11-24;5-7-2-1-3(8)6-4(7)9/h6-7,9,12,15-17,24,26,28H,4-5,8,10-11H2,1-3H3;1-2H,(H,6,8,9)/t12-,15+,16+,17+,19+,20+,21+,22+;/m1./s1. The van der Waals surface area contributed by atoms with Crippen molar-refractivity contribution in [3.05, 3.63) is 56.9 Å². The van der Waals surface area contributed by atoms with Crippen molar-refractivity contribution in [2.45, 2.75) is 63.8 Å². The van der Waals surface area contributed by atoms with E-state index in [2.05, 4.69) is 0 Å². The summed E-state index contributed by atoms with van der Waals surface area (Å²) < 4.78 is 28.8. The molecular formula is C26H32F2N2O7. The van der Waals surface area contributed by atoms with E-state index in [1.54, 1.807) is 31.8 Å². The number of allylic oxidation sites excluding steroid dienone is 4. The summed E-state index contributed by atoms with van der Waals surface area (Å²) in [6, 6.07) is 0.918.